The minimum atomic E-state index is 0.275. The van der Waals surface area contributed by atoms with Crippen molar-refractivity contribution in [3.8, 4) is 22.6 Å². The van der Waals surface area contributed by atoms with Crippen molar-refractivity contribution in [3.63, 3.8) is 0 Å². The summed E-state index contributed by atoms with van der Waals surface area (Å²) in [5.74, 6) is 1.58. The number of pyridine rings is 1. The normalized spacial score (nSPS) is 20.2. The molecule has 0 bridgehead atoms. The summed E-state index contributed by atoms with van der Waals surface area (Å²) < 4.78 is 11.1. The number of hydrogen-bond acceptors (Lipinski definition) is 5. The Morgan fingerprint density at radius 2 is 1.76 bits per heavy atom. The summed E-state index contributed by atoms with van der Waals surface area (Å²) in [5, 5.41) is 1.58. The van der Waals surface area contributed by atoms with Crippen molar-refractivity contribution >= 4 is 28.2 Å². The molecular formula is C27H28ClN3O2. The van der Waals surface area contributed by atoms with Gasteiger partial charge in [-0.1, -0.05) is 30.3 Å². The van der Waals surface area contributed by atoms with Crippen LogP contribution >= 0.6 is 11.6 Å². The summed E-state index contributed by atoms with van der Waals surface area (Å²) in [4.78, 5) is 9.69. The Morgan fingerprint density at radius 3 is 2.64 bits per heavy atom. The van der Waals surface area contributed by atoms with Crippen molar-refractivity contribution in [1.29, 1.82) is 0 Å². The number of fused-ring (bicyclic) bond motifs is 2. The van der Waals surface area contributed by atoms with E-state index in [0.29, 0.717) is 11.2 Å². The summed E-state index contributed by atoms with van der Waals surface area (Å²) in [6, 6.07) is 14.9. The number of nitrogens with zero attached hydrogens (tertiary/aromatic N) is 3. The molecule has 3 aliphatic heterocycles. The summed E-state index contributed by atoms with van der Waals surface area (Å²) >= 11 is 6.46. The summed E-state index contributed by atoms with van der Waals surface area (Å²) in [6.45, 7) is 9.44. The van der Waals surface area contributed by atoms with Crippen molar-refractivity contribution in [2.75, 3.05) is 33.0 Å². The monoisotopic (exact) mass is 461 g/mol. The fourth-order valence-electron chi connectivity index (χ4n) is 5.49. The molecule has 0 amide bonds. The first-order chi connectivity index (χ1) is 16.2. The summed E-state index contributed by atoms with van der Waals surface area (Å²) in [6.07, 6.45) is 5.06. The van der Waals surface area contributed by atoms with E-state index in [9.17, 15) is 0 Å². The third-order valence-electron chi connectivity index (χ3n) is 7.19. The number of ether oxygens (including phenoxy) is 2. The highest BCUT2D eigenvalue weighted by Crippen LogP contribution is 2.38. The van der Waals surface area contributed by atoms with Gasteiger partial charge in [-0.15, -0.1) is 0 Å². The number of aromatic nitrogens is 1. The number of hydrogen-bond donors (Lipinski definition) is 0. The van der Waals surface area contributed by atoms with Gasteiger partial charge in [0.25, 0.3) is 0 Å². The Morgan fingerprint density at radius 1 is 0.970 bits per heavy atom. The van der Waals surface area contributed by atoms with Crippen molar-refractivity contribution in [1.82, 2.24) is 14.8 Å². The molecule has 2 saturated heterocycles. The van der Waals surface area contributed by atoms with Gasteiger partial charge in [0.15, 0.2) is 11.5 Å². The number of benzene rings is 2. The van der Waals surface area contributed by atoms with Crippen molar-refractivity contribution in [2.24, 2.45) is 0 Å². The van der Waals surface area contributed by atoms with Gasteiger partial charge in [-0.2, -0.15) is 0 Å². The molecule has 6 heteroatoms. The molecule has 1 aromatic heterocycles. The number of halogens is 1. The first-order valence-corrected chi connectivity index (χ1v) is 12.2. The lowest BCUT2D eigenvalue weighted by Gasteiger charge is -2.32. The van der Waals surface area contributed by atoms with Crippen LogP contribution in [0.1, 0.15) is 31.2 Å². The molecule has 1 atom stereocenters. The average Bonchev–Trinajstić information content (AvgIpc) is 3.59. The second kappa shape index (κ2) is 8.54. The molecule has 0 unspecified atom stereocenters. The van der Waals surface area contributed by atoms with Gasteiger partial charge >= 0.3 is 0 Å². The van der Waals surface area contributed by atoms with E-state index in [-0.39, 0.29) is 6.79 Å². The van der Waals surface area contributed by atoms with Crippen LogP contribution in [0.3, 0.4) is 0 Å². The van der Waals surface area contributed by atoms with Gasteiger partial charge in [-0.25, -0.2) is 4.98 Å². The maximum atomic E-state index is 6.46. The first-order valence-electron chi connectivity index (χ1n) is 11.8. The zero-order chi connectivity index (χ0) is 22.4. The maximum absolute atomic E-state index is 6.46. The van der Waals surface area contributed by atoms with Gasteiger partial charge < -0.3 is 19.3 Å². The molecule has 2 aromatic carbocycles. The minimum absolute atomic E-state index is 0.275. The largest absolute Gasteiger partial charge is 0.454 e. The van der Waals surface area contributed by atoms with Gasteiger partial charge in [0.05, 0.1) is 5.52 Å². The van der Waals surface area contributed by atoms with Crippen LogP contribution in [0.2, 0.25) is 5.15 Å². The molecule has 170 valence electrons. The van der Waals surface area contributed by atoms with Gasteiger partial charge in [0.1, 0.15) is 5.15 Å². The van der Waals surface area contributed by atoms with E-state index in [1.807, 2.05) is 24.3 Å². The van der Waals surface area contributed by atoms with Crippen molar-refractivity contribution in [2.45, 2.75) is 31.7 Å². The smallest absolute Gasteiger partial charge is 0.231 e. The fourth-order valence-corrected chi connectivity index (χ4v) is 5.69. The average molecular weight is 462 g/mol. The van der Waals surface area contributed by atoms with Gasteiger partial charge in [-0.05, 0) is 80.2 Å². The molecule has 33 heavy (non-hydrogen) atoms. The highest BCUT2D eigenvalue weighted by Gasteiger charge is 2.29. The zero-order valence-corrected chi connectivity index (χ0v) is 19.5. The molecule has 0 aliphatic carbocycles. The lowest BCUT2D eigenvalue weighted by atomic mass is 9.99. The summed E-state index contributed by atoms with van der Waals surface area (Å²) in [7, 11) is 0. The molecule has 0 radical (unpaired) electrons. The number of likely N-dealkylation sites (tertiary alicyclic amines) is 2. The molecule has 0 saturated carbocycles. The van der Waals surface area contributed by atoms with Crippen LogP contribution in [-0.4, -0.2) is 53.8 Å². The Bertz CT molecular complexity index is 1220. The van der Waals surface area contributed by atoms with Gasteiger partial charge in [0.2, 0.25) is 6.79 Å². The topological polar surface area (TPSA) is 37.8 Å². The summed E-state index contributed by atoms with van der Waals surface area (Å²) in [5.41, 5.74) is 5.20. The van der Waals surface area contributed by atoms with Crippen molar-refractivity contribution in [3.05, 3.63) is 59.8 Å². The van der Waals surface area contributed by atoms with Gasteiger partial charge in [0, 0.05) is 35.8 Å². The van der Waals surface area contributed by atoms with Crippen LogP contribution in [0.4, 0.5) is 0 Å². The van der Waals surface area contributed by atoms with Crippen LogP contribution < -0.4 is 9.47 Å². The second-order valence-corrected chi connectivity index (χ2v) is 9.62. The van der Waals surface area contributed by atoms with E-state index in [1.54, 1.807) is 0 Å². The SMILES string of the molecule is C=C(c1cc(Cl)nc2ccc(-c3ccc4c(c3)OCO4)cc12)N1CCC[C@H]1CN1CCCC1. The third kappa shape index (κ3) is 3.94. The highest BCUT2D eigenvalue weighted by molar-refractivity contribution is 6.30. The minimum Gasteiger partial charge on any atom is -0.454 e. The molecule has 0 spiro atoms. The lowest BCUT2D eigenvalue weighted by molar-refractivity contribution is 0.174. The van der Waals surface area contributed by atoms with Crippen LogP contribution in [0.15, 0.2) is 49.0 Å². The van der Waals surface area contributed by atoms with Crippen LogP contribution in [0, 0.1) is 0 Å². The van der Waals surface area contributed by atoms with Crippen LogP contribution in [-0.2, 0) is 0 Å². The highest BCUT2D eigenvalue weighted by atomic mass is 35.5. The van der Waals surface area contributed by atoms with E-state index in [1.165, 1.54) is 38.8 Å². The molecule has 0 N–H and O–H groups in total. The van der Waals surface area contributed by atoms with Gasteiger partial charge in [-0.3, -0.25) is 0 Å². The molecule has 3 aliphatic rings. The van der Waals surface area contributed by atoms with E-state index in [2.05, 4.69) is 39.6 Å². The Balaban J connectivity index is 1.36. The fraction of sp³-hybridized carbons (Fsp3) is 0.370. The predicted molar refractivity (Wildman–Crippen MR) is 133 cm³/mol. The molecule has 4 heterocycles. The maximum Gasteiger partial charge on any atom is 0.231 e. The predicted octanol–water partition coefficient (Wildman–Crippen LogP) is 5.81. The molecular weight excluding hydrogens is 434 g/mol. The molecule has 2 fully saturated rings. The standard InChI is InChI=1S/C27H28ClN3O2/c1-18(31-12-4-5-21(31)16-30-10-2-3-11-30)22-15-27(28)29-24-8-6-19(13-23(22)24)20-7-9-25-26(14-20)33-17-32-25/h6-9,13-15,21H,1-5,10-12,16-17H2/t21-/m0/s1. The van der Waals surface area contributed by atoms with Crippen LogP contribution in [0.25, 0.3) is 27.7 Å². The number of rotatable bonds is 5. The third-order valence-corrected chi connectivity index (χ3v) is 7.38. The zero-order valence-electron chi connectivity index (χ0n) is 18.7. The van der Waals surface area contributed by atoms with E-state index >= 15 is 0 Å². The Hall–Kier alpha value is -2.76. The quantitative estimate of drug-likeness (QED) is 0.448. The van der Waals surface area contributed by atoms with E-state index in [0.717, 1.165) is 57.9 Å². The second-order valence-electron chi connectivity index (χ2n) is 9.24. The van der Waals surface area contributed by atoms with E-state index in [4.69, 9.17) is 21.1 Å². The Kier molecular flexibility index (Phi) is 5.39. The Labute approximate surface area is 199 Å². The van der Waals surface area contributed by atoms with E-state index < -0.39 is 0 Å². The molecule has 5 nitrogen and oxygen atoms in total. The first kappa shape index (κ1) is 20.8. The lowest BCUT2D eigenvalue weighted by Crippen LogP contribution is -2.38. The van der Waals surface area contributed by atoms with Crippen molar-refractivity contribution < 1.29 is 9.47 Å². The molecule has 6 rings (SSSR count). The molecule has 3 aromatic rings. The van der Waals surface area contributed by atoms with Crippen LogP contribution in [0.5, 0.6) is 11.5 Å².